The average molecular weight is 789 g/mol. The van der Waals surface area contributed by atoms with Crippen molar-refractivity contribution in [3.05, 3.63) is 120 Å². The summed E-state index contributed by atoms with van der Waals surface area (Å²) in [4.78, 5) is 57.2. The Balaban J connectivity index is 1.22. The summed E-state index contributed by atoms with van der Waals surface area (Å²) in [5, 5.41) is 21.3. The molecule has 0 aromatic heterocycles. The van der Waals surface area contributed by atoms with Crippen LogP contribution in [-0.4, -0.2) is 69.1 Å². The molecule has 4 aromatic rings. The Kier molecular flexibility index (Phi) is 12.4. The number of rotatable bonds is 20. The molecule has 304 valence electrons. The van der Waals surface area contributed by atoms with Gasteiger partial charge >= 0.3 is 23.8 Å². The van der Waals surface area contributed by atoms with Crippen molar-refractivity contribution in [1.29, 1.82) is 0 Å². The Labute approximate surface area is 341 Å². The van der Waals surface area contributed by atoms with E-state index in [9.17, 15) is 19.8 Å². The molecule has 0 unspecified atom stereocenters. The fourth-order valence-corrected chi connectivity index (χ4v) is 9.35. The van der Waals surface area contributed by atoms with Gasteiger partial charge in [-0.05, 0) is 111 Å². The number of para-hydroxylation sites is 2. The highest BCUT2D eigenvalue weighted by Crippen LogP contribution is 2.52. The smallest absolute Gasteiger partial charge is 0.319 e. The van der Waals surface area contributed by atoms with Crippen LogP contribution in [-0.2, 0) is 32.3 Å². The Morgan fingerprint density at radius 3 is 1.12 bits per heavy atom. The number of hydrogen-bond donors (Lipinski definition) is 2. The molecule has 3 aliphatic carbocycles. The molecule has 3 saturated carbocycles. The molecule has 2 amide bonds. The predicted molar refractivity (Wildman–Crippen MR) is 219 cm³/mol. The molecule has 0 spiro atoms. The minimum absolute atomic E-state index is 0.0239. The Bertz CT molecular complexity index is 1900. The van der Waals surface area contributed by atoms with Crippen LogP contribution in [0.4, 0.5) is 0 Å². The van der Waals surface area contributed by atoms with E-state index in [1.54, 1.807) is 0 Å². The summed E-state index contributed by atoms with van der Waals surface area (Å²) >= 11 is 0. The highest BCUT2D eigenvalue weighted by atomic mass is 16.5. The van der Waals surface area contributed by atoms with Gasteiger partial charge in [0.15, 0.2) is 0 Å². The van der Waals surface area contributed by atoms with Crippen molar-refractivity contribution < 1.29 is 47.8 Å². The number of carbonyl (C=O) groups is 4. The molecule has 10 heteroatoms. The van der Waals surface area contributed by atoms with Crippen molar-refractivity contribution in [2.75, 3.05) is 26.2 Å². The van der Waals surface area contributed by atoms with Crippen LogP contribution in [0.25, 0.3) is 0 Å². The van der Waals surface area contributed by atoms with Gasteiger partial charge in [0, 0.05) is 23.0 Å². The van der Waals surface area contributed by atoms with Crippen LogP contribution in [0.15, 0.2) is 109 Å². The van der Waals surface area contributed by atoms with Gasteiger partial charge < -0.3 is 19.7 Å². The number of carboxylic acid groups (broad SMARTS) is 2. The van der Waals surface area contributed by atoms with Crippen LogP contribution in [0.5, 0.6) is 23.0 Å². The van der Waals surface area contributed by atoms with Crippen LogP contribution in [0.2, 0.25) is 0 Å². The number of carboxylic acids is 2. The standard InChI is InChI=1S/C48H54N2O8/c1-3-27-49(29-33-15-16-33,31-35-19-23-39(24-20-35)57-37-11-7-5-8-12-37)45(51)41-42(44(48(55)56)43(41)47(53)54)46(52)50(28-4-2,30-34-17-18-34)32-36-21-25-40(26-22-36)58-38-13-9-6-10-14-38/h5-14,19-26,33-34,41-44H,3-4,15-18,27-32H2,1-2H3/p+2/t41-,42-,43-,44-,49+,50+/m0/s1. The first-order chi connectivity index (χ1) is 28.0. The number of hydrogen-bond acceptors (Lipinski definition) is 6. The fraction of sp³-hybridized carbons (Fsp3) is 0.417. The minimum atomic E-state index is -1.51. The number of nitrogens with zero attached hydrogens (tertiary/aromatic N) is 2. The van der Waals surface area contributed by atoms with Crippen molar-refractivity contribution in [3.63, 3.8) is 0 Å². The molecule has 3 aliphatic rings. The molecule has 3 fully saturated rings. The lowest BCUT2D eigenvalue weighted by Crippen LogP contribution is -2.71. The predicted octanol–water partition coefficient (Wildman–Crippen LogP) is 8.95. The van der Waals surface area contributed by atoms with Gasteiger partial charge in [0.1, 0.15) is 47.9 Å². The summed E-state index contributed by atoms with van der Waals surface area (Å²) in [5.74, 6) is -5.60. The Hall–Kier alpha value is -5.32. The zero-order chi connectivity index (χ0) is 40.9. The van der Waals surface area contributed by atoms with E-state index in [2.05, 4.69) is 0 Å². The highest BCUT2D eigenvalue weighted by Gasteiger charge is 2.70. The third-order valence-corrected chi connectivity index (χ3v) is 12.3. The van der Waals surface area contributed by atoms with Crippen molar-refractivity contribution in [1.82, 2.24) is 0 Å². The third-order valence-electron chi connectivity index (χ3n) is 12.3. The van der Waals surface area contributed by atoms with Gasteiger partial charge in [-0.25, -0.2) is 9.59 Å². The largest absolute Gasteiger partial charge is 0.481 e. The van der Waals surface area contributed by atoms with E-state index in [0.29, 0.717) is 86.9 Å². The molecule has 10 nitrogen and oxygen atoms in total. The third kappa shape index (κ3) is 9.19. The van der Waals surface area contributed by atoms with Crippen LogP contribution in [0, 0.1) is 35.5 Å². The van der Waals surface area contributed by atoms with E-state index < -0.39 is 35.6 Å². The maximum Gasteiger partial charge on any atom is 0.319 e. The number of ether oxygens (including phenoxy) is 2. The molecule has 2 N–H and O–H groups in total. The first-order valence-corrected chi connectivity index (χ1v) is 20.9. The van der Waals surface area contributed by atoms with Gasteiger partial charge in [0.2, 0.25) is 0 Å². The van der Waals surface area contributed by atoms with E-state index in [1.807, 2.05) is 123 Å². The molecule has 0 bridgehead atoms. The number of aliphatic carboxylic acids is 2. The molecule has 0 saturated heterocycles. The zero-order valence-corrected chi connectivity index (χ0v) is 33.6. The molecule has 0 aliphatic heterocycles. The van der Waals surface area contributed by atoms with Crippen LogP contribution in [0.3, 0.4) is 0 Å². The van der Waals surface area contributed by atoms with Crippen molar-refractivity contribution in [3.8, 4) is 23.0 Å². The number of benzene rings is 4. The van der Waals surface area contributed by atoms with E-state index in [1.165, 1.54) is 0 Å². The van der Waals surface area contributed by atoms with Gasteiger partial charge in [0.25, 0.3) is 0 Å². The average Bonchev–Trinajstić information content (AvgIpc) is 4.15. The van der Waals surface area contributed by atoms with Gasteiger partial charge in [-0.1, -0.05) is 50.2 Å². The van der Waals surface area contributed by atoms with E-state index in [0.717, 1.165) is 36.8 Å². The number of amides is 2. The lowest BCUT2D eigenvalue weighted by atomic mass is 9.54. The SMILES string of the molecule is CCC[N@+](Cc1ccc(Oc2ccccc2)cc1)(CC1CC1)C(=O)[C@@H]1[C@H](C(=O)O)[C@@H](C(=O)O)[C@H]1C(=O)[N@@+](CCC)(Cc1ccc(Oc2ccccc2)cc1)CC1CC1. The van der Waals surface area contributed by atoms with Crippen molar-refractivity contribution in [2.24, 2.45) is 35.5 Å². The fourth-order valence-electron chi connectivity index (χ4n) is 9.35. The molecular weight excluding hydrogens is 733 g/mol. The second kappa shape index (κ2) is 17.7. The first-order valence-electron chi connectivity index (χ1n) is 20.9. The number of carbonyl (C=O) groups excluding carboxylic acids is 2. The molecule has 58 heavy (non-hydrogen) atoms. The number of quaternary nitrogens is 2. The summed E-state index contributed by atoms with van der Waals surface area (Å²) in [6, 6.07) is 34.2. The molecule has 0 heterocycles. The normalized spacial score (nSPS) is 22.1. The minimum Gasteiger partial charge on any atom is -0.481 e. The second-order valence-electron chi connectivity index (χ2n) is 16.9. The highest BCUT2D eigenvalue weighted by molar-refractivity contribution is 5.96. The summed E-state index contributed by atoms with van der Waals surface area (Å²) in [6.45, 7) is 6.58. The van der Waals surface area contributed by atoms with Crippen molar-refractivity contribution in [2.45, 2.75) is 65.5 Å². The van der Waals surface area contributed by atoms with Crippen LogP contribution >= 0.6 is 0 Å². The Morgan fingerprint density at radius 1 is 0.500 bits per heavy atom. The lowest BCUT2D eigenvalue weighted by Gasteiger charge is -2.51. The van der Waals surface area contributed by atoms with E-state index >= 15 is 9.59 Å². The summed E-state index contributed by atoms with van der Waals surface area (Å²) < 4.78 is 12.0. The van der Waals surface area contributed by atoms with E-state index in [-0.39, 0.29) is 20.8 Å². The Morgan fingerprint density at radius 2 is 0.828 bits per heavy atom. The maximum absolute atomic E-state index is 15.5. The van der Waals surface area contributed by atoms with Crippen molar-refractivity contribution >= 4 is 23.8 Å². The molecule has 4 aromatic carbocycles. The zero-order valence-electron chi connectivity index (χ0n) is 33.6. The second-order valence-corrected chi connectivity index (χ2v) is 16.9. The van der Waals surface area contributed by atoms with Crippen LogP contribution in [0.1, 0.15) is 63.5 Å². The summed E-state index contributed by atoms with van der Waals surface area (Å²) in [7, 11) is 0. The summed E-state index contributed by atoms with van der Waals surface area (Å²) in [6.07, 6.45) is 5.20. The lowest BCUT2D eigenvalue weighted by molar-refractivity contribution is -0.876. The maximum atomic E-state index is 15.5. The van der Waals surface area contributed by atoms with Gasteiger partial charge in [-0.3, -0.25) is 18.6 Å². The summed E-state index contributed by atoms with van der Waals surface area (Å²) in [5.41, 5.74) is 1.77. The van der Waals surface area contributed by atoms with E-state index in [4.69, 9.17) is 9.47 Å². The first kappa shape index (κ1) is 40.9. The quantitative estimate of drug-likeness (QED) is 0.0851. The molecular formula is C48H56N2O8+2. The van der Waals surface area contributed by atoms with Gasteiger partial charge in [-0.2, -0.15) is 0 Å². The topological polar surface area (TPSA) is 127 Å². The monoisotopic (exact) mass is 788 g/mol. The van der Waals surface area contributed by atoms with Gasteiger partial charge in [-0.15, -0.1) is 0 Å². The van der Waals surface area contributed by atoms with Gasteiger partial charge in [0.05, 0.1) is 38.0 Å². The molecule has 7 rings (SSSR count). The molecule has 0 radical (unpaired) electrons. The molecule has 6 atom stereocenters. The van der Waals surface area contributed by atoms with Crippen LogP contribution < -0.4 is 9.47 Å².